The maximum absolute atomic E-state index is 12.0. The maximum Gasteiger partial charge on any atom is 0.338 e. The predicted octanol–water partition coefficient (Wildman–Crippen LogP) is -0.359. The van der Waals surface area contributed by atoms with Crippen LogP contribution in [0.5, 0.6) is 0 Å². The van der Waals surface area contributed by atoms with Gasteiger partial charge in [-0.05, 0) is 5.92 Å². The lowest BCUT2D eigenvalue weighted by Crippen LogP contribution is -2.35. The van der Waals surface area contributed by atoms with Crippen LogP contribution in [0.25, 0.3) is 11.2 Å². The van der Waals surface area contributed by atoms with Crippen molar-refractivity contribution in [3.05, 3.63) is 22.5 Å². The van der Waals surface area contributed by atoms with E-state index < -0.39 is 11.7 Å². The number of nitrogens with zero attached hydrogens (tertiary/aromatic N) is 5. The summed E-state index contributed by atoms with van der Waals surface area (Å²) in [4.78, 5) is 33.2. The van der Waals surface area contributed by atoms with Crippen LogP contribution in [-0.2, 0) is 7.05 Å². The molecule has 2 aromatic heterocycles. The first-order chi connectivity index (χ1) is 8.47. The van der Waals surface area contributed by atoms with Crippen molar-refractivity contribution in [2.45, 2.75) is 0 Å². The van der Waals surface area contributed by atoms with Gasteiger partial charge < -0.3 is 4.90 Å². The van der Waals surface area contributed by atoms with Crippen molar-refractivity contribution in [3.63, 3.8) is 0 Å². The number of rotatable bonds is 0. The average molecular weight is 245 g/mol. The van der Waals surface area contributed by atoms with E-state index in [-0.39, 0.29) is 11.5 Å². The second kappa shape index (κ2) is 4.00. The molecule has 0 saturated heterocycles. The molecular formula is C11H11N5O2. The molecule has 0 aromatic carbocycles. The lowest BCUT2D eigenvalue weighted by molar-refractivity contribution is 0.219. The lowest BCUT2D eigenvalue weighted by Gasteiger charge is -2.09. The summed E-state index contributed by atoms with van der Waals surface area (Å²) in [7, 11) is 4.65. The van der Waals surface area contributed by atoms with E-state index in [0.29, 0.717) is 5.52 Å². The lowest BCUT2D eigenvalue weighted by atomic mass is 10.5. The van der Waals surface area contributed by atoms with Gasteiger partial charge in [0.25, 0.3) is 0 Å². The highest BCUT2D eigenvalue weighted by molar-refractivity contribution is 5.86. The van der Waals surface area contributed by atoms with Crippen molar-refractivity contribution >= 4 is 17.2 Å². The number of aromatic nitrogens is 4. The zero-order valence-electron chi connectivity index (χ0n) is 10.2. The highest BCUT2D eigenvalue weighted by atomic mass is 16.2. The van der Waals surface area contributed by atoms with E-state index in [4.69, 9.17) is 6.42 Å². The van der Waals surface area contributed by atoms with Gasteiger partial charge in [0, 0.05) is 21.1 Å². The molecule has 2 rings (SSSR count). The van der Waals surface area contributed by atoms with Gasteiger partial charge in [-0.2, -0.15) is 4.57 Å². The third kappa shape index (κ3) is 1.55. The Morgan fingerprint density at radius 2 is 2.17 bits per heavy atom. The number of hydrogen-bond donors (Lipinski definition) is 0. The fraction of sp³-hybridized carbons (Fsp3) is 0.273. The molecule has 92 valence electrons. The van der Waals surface area contributed by atoms with E-state index in [0.717, 1.165) is 4.57 Å². The van der Waals surface area contributed by atoms with E-state index in [1.54, 1.807) is 21.1 Å². The first-order valence-electron chi connectivity index (χ1n) is 5.10. The topological polar surface area (TPSA) is 73.0 Å². The summed E-state index contributed by atoms with van der Waals surface area (Å²) >= 11 is 0. The van der Waals surface area contributed by atoms with Crippen molar-refractivity contribution in [1.82, 2.24) is 24.0 Å². The average Bonchev–Trinajstić information content (AvgIpc) is 2.60. The summed E-state index contributed by atoms with van der Waals surface area (Å²) in [5.74, 6) is 2.40. The third-order valence-corrected chi connectivity index (χ3v) is 2.50. The van der Waals surface area contributed by atoms with Crippen LogP contribution in [-0.4, -0.2) is 44.1 Å². The standard InChI is InChI=1S/C11H11N5O2/c1-5-8-12-6-7-9(13-8)16(10(17)14(2)3)11(18)15(7)4/h1,6H,2-4H3. The molecule has 7 nitrogen and oxygen atoms in total. The molecule has 0 aliphatic rings. The number of carbonyl (C=O) groups excluding carboxylic acids is 1. The fourth-order valence-corrected chi connectivity index (χ4v) is 1.55. The van der Waals surface area contributed by atoms with E-state index in [2.05, 4.69) is 15.9 Å². The Bertz CT molecular complexity index is 732. The monoisotopic (exact) mass is 245 g/mol. The first-order valence-corrected chi connectivity index (χ1v) is 5.10. The minimum Gasteiger partial charge on any atom is -0.330 e. The minimum absolute atomic E-state index is 0.133. The van der Waals surface area contributed by atoms with Gasteiger partial charge in [-0.3, -0.25) is 4.57 Å². The van der Waals surface area contributed by atoms with Gasteiger partial charge >= 0.3 is 11.7 Å². The Morgan fingerprint density at radius 3 is 2.72 bits per heavy atom. The van der Waals surface area contributed by atoms with Gasteiger partial charge in [-0.25, -0.2) is 19.6 Å². The number of imidazole rings is 1. The molecule has 0 aliphatic heterocycles. The summed E-state index contributed by atoms with van der Waals surface area (Å²) in [5, 5.41) is 0. The largest absolute Gasteiger partial charge is 0.338 e. The normalized spacial score (nSPS) is 10.3. The molecule has 0 unspecified atom stereocenters. The van der Waals surface area contributed by atoms with Crippen molar-refractivity contribution in [3.8, 4) is 12.3 Å². The van der Waals surface area contributed by atoms with Crippen LogP contribution in [0.1, 0.15) is 5.82 Å². The van der Waals surface area contributed by atoms with Crippen molar-refractivity contribution in [2.24, 2.45) is 7.05 Å². The molecule has 0 bridgehead atoms. The van der Waals surface area contributed by atoms with Crippen molar-refractivity contribution in [1.29, 1.82) is 0 Å². The molecule has 2 aromatic rings. The second-order valence-electron chi connectivity index (χ2n) is 3.90. The highest BCUT2D eigenvalue weighted by Gasteiger charge is 2.19. The van der Waals surface area contributed by atoms with Gasteiger partial charge in [-0.15, -0.1) is 6.42 Å². The fourth-order valence-electron chi connectivity index (χ4n) is 1.55. The molecule has 18 heavy (non-hydrogen) atoms. The van der Waals surface area contributed by atoms with Crippen LogP contribution < -0.4 is 5.69 Å². The number of hydrogen-bond acceptors (Lipinski definition) is 4. The quantitative estimate of drug-likeness (QED) is 0.594. The molecule has 0 spiro atoms. The number of amides is 1. The number of carbonyl (C=O) groups is 1. The minimum atomic E-state index is -0.479. The van der Waals surface area contributed by atoms with E-state index in [9.17, 15) is 9.59 Å². The molecule has 7 heteroatoms. The zero-order chi connectivity index (χ0) is 13.4. The zero-order valence-corrected chi connectivity index (χ0v) is 10.2. The van der Waals surface area contributed by atoms with Crippen LogP contribution in [0.4, 0.5) is 4.79 Å². The first kappa shape index (κ1) is 11.9. The summed E-state index contributed by atoms with van der Waals surface area (Å²) in [6.45, 7) is 0. The van der Waals surface area contributed by atoms with Crippen LogP contribution in [0.15, 0.2) is 11.0 Å². The van der Waals surface area contributed by atoms with E-state index in [1.165, 1.54) is 15.7 Å². The summed E-state index contributed by atoms with van der Waals surface area (Å²) in [6, 6.07) is -0.479. The number of aryl methyl sites for hydroxylation is 1. The van der Waals surface area contributed by atoms with E-state index >= 15 is 0 Å². The smallest absolute Gasteiger partial charge is 0.330 e. The molecule has 0 aliphatic carbocycles. The van der Waals surface area contributed by atoms with Crippen molar-refractivity contribution < 1.29 is 4.79 Å². The Morgan fingerprint density at radius 1 is 1.50 bits per heavy atom. The van der Waals surface area contributed by atoms with Gasteiger partial charge in [0.1, 0.15) is 5.52 Å². The van der Waals surface area contributed by atoms with Gasteiger partial charge in [0.15, 0.2) is 5.65 Å². The predicted molar refractivity (Wildman–Crippen MR) is 65.2 cm³/mol. The summed E-state index contributed by atoms with van der Waals surface area (Å²) in [5.41, 5.74) is 0.186. The van der Waals surface area contributed by atoms with Gasteiger partial charge in [0.2, 0.25) is 5.82 Å². The van der Waals surface area contributed by atoms with Crippen LogP contribution in [0.2, 0.25) is 0 Å². The molecular weight excluding hydrogens is 234 g/mol. The van der Waals surface area contributed by atoms with Crippen LogP contribution in [0.3, 0.4) is 0 Å². The molecule has 0 fully saturated rings. The van der Waals surface area contributed by atoms with Crippen LogP contribution >= 0.6 is 0 Å². The highest BCUT2D eigenvalue weighted by Crippen LogP contribution is 2.09. The van der Waals surface area contributed by atoms with Gasteiger partial charge in [0.05, 0.1) is 6.20 Å². The number of fused-ring (bicyclic) bond motifs is 1. The van der Waals surface area contributed by atoms with E-state index in [1.807, 2.05) is 0 Å². The Balaban J connectivity index is 2.88. The molecule has 2 heterocycles. The second-order valence-corrected chi connectivity index (χ2v) is 3.90. The van der Waals surface area contributed by atoms with Gasteiger partial charge in [-0.1, -0.05) is 0 Å². The SMILES string of the molecule is C#Cc1ncc2c(n1)n(C(=O)N(C)C)c(=O)n2C. The third-order valence-electron chi connectivity index (χ3n) is 2.50. The molecule has 0 radical (unpaired) electrons. The Hall–Kier alpha value is -2.62. The molecule has 0 N–H and O–H groups in total. The summed E-state index contributed by atoms with van der Waals surface area (Å²) in [6.07, 6.45) is 6.64. The Labute approximate surface area is 103 Å². The Kier molecular flexibility index (Phi) is 2.63. The summed E-state index contributed by atoms with van der Waals surface area (Å²) < 4.78 is 2.27. The molecule has 0 atom stereocenters. The van der Waals surface area contributed by atoms with Crippen molar-refractivity contribution in [2.75, 3.05) is 14.1 Å². The number of terminal acetylenes is 1. The molecule has 1 amide bonds. The van der Waals surface area contributed by atoms with Crippen LogP contribution in [0, 0.1) is 12.3 Å². The maximum atomic E-state index is 12.0. The molecule has 0 saturated carbocycles.